The fraction of sp³-hybridized carbons (Fsp3) is 0.333. The molecular weight excluding hydrogens is 481 g/mol. The van der Waals surface area contributed by atoms with Gasteiger partial charge in [-0.2, -0.15) is 0 Å². The Morgan fingerprint density at radius 2 is 2.06 bits per heavy atom. The van der Waals surface area contributed by atoms with Crippen molar-refractivity contribution in [3.05, 3.63) is 84.1 Å². The third-order valence-electron chi connectivity index (χ3n) is 5.92. The Labute approximate surface area is 204 Å². The number of nitrogens with one attached hydrogen (secondary N) is 2. The number of hydrogen-bond donors (Lipinski definition) is 2. The second-order valence-corrected chi connectivity index (χ2v) is 11.1. The summed E-state index contributed by atoms with van der Waals surface area (Å²) in [7, 11) is 0. The van der Waals surface area contributed by atoms with E-state index in [1.54, 1.807) is 9.36 Å². The van der Waals surface area contributed by atoms with Crippen LogP contribution in [-0.2, 0) is 0 Å². The summed E-state index contributed by atoms with van der Waals surface area (Å²) in [6.45, 7) is 8.47. The normalized spacial score (nSPS) is 20.8. The summed E-state index contributed by atoms with van der Waals surface area (Å²) in [6, 6.07) is 15.7. The number of allylic oxidation sites excluding steroid dienone is 4. The van der Waals surface area contributed by atoms with E-state index in [0.717, 1.165) is 26.2 Å². The van der Waals surface area contributed by atoms with Gasteiger partial charge >= 0.3 is 204 Å². The van der Waals surface area contributed by atoms with Gasteiger partial charge in [0.05, 0.1) is 0 Å². The Bertz CT molecular complexity index is 1010. The Balaban J connectivity index is 1.53. The number of quaternary nitrogens is 1. The van der Waals surface area contributed by atoms with Crippen LogP contribution in [0.15, 0.2) is 73.0 Å². The van der Waals surface area contributed by atoms with Crippen LogP contribution >= 0.6 is 11.6 Å². The molecule has 2 heterocycles. The van der Waals surface area contributed by atoms with E-state index in [1.807, 2.05) is 0 Å². The second-order valence-electron chi connectivity index (χ2n) is 8.29. The molecule has 2 N–H and O–H groups in total. The molecule has 0 saturated carbocycles. The van der Waals surface area contributed by atoms with Crippen molar-refractivity contribution in [1.29, 1.82) is 0 Å². The van der Waals surface area contributed by atoms with Gasteiger partial charge in [0.1, 0.15) is 0 Å². The Morgan fingerprint density at radius 3 is 2.91 bits per heavy atom. The molecule has 0 amide bonds. The summed E-state index contributed by atoms with van der Waals surface area (Å²) in [5.74, 6) is 0.618. The molecule has 0 saturated heterocycles. The first-order valence-electron chi connectivity index (χ1n) is 11.5. The number of halogens is 1. The summed E-state index contributed by atoms with van der Waals surface area (Å²) < 4.78 is 1.54. The summed E-state index contributed by atoms with van der Waals surface area (Å²) in [5.41, 5.74) is 6.55. The van der Waals surface area contributed by atoms with E-state index in [9.17, 15) is 0 Å². The Hall–Kier alpha value is -1.81. The molecule has 0 spiro atoms. The SMILES string of the molecule is CCCNCC[NH+]1c2ccccc2[Se]C1/C=C/C=C1\C=CN(CCCl)c2cc(C)ccc21. The van der Waals surface area contributed by atoms with Crippen molar-refractivity contribution in [2.45, 2.75) is 25.2 Å². The maximum atomic E-state index is 6.03. The van der Waals surface area contributed by atoms with E-state index < -0.39 is 0 Å². The van der Waals surface area contributed by atoms with Crippen molar-refractivity contribution in [3.63, 3.8) is 0 Å². The first kappa shape index (κ1) is 23.4. The van der Waals surface area contributed by atoms with Gasteiger partial charge < -0.3 is 0 Å². The third-order valence-corrected chi connectivity index (χ3v) is 8.83. The summed E-state index contributed by atoms with van der Waals surface area (Å²) >= 11 is 6.49. The van der Waals surface area contributed by atoms with Gasteiger partial charge in [-0.05, 0) is 0 Å². The maximum absolute atomic E-state index is 6.03. The molecule has 2 aliphatic rings. The zero-order valence-corrected chi connectivity index (χ0v) is 21.5. The molecule has 0 bridgehead atoms. The van der Waals surface area contributed by atoms with E-state index in [-0.39, 0.29) is 0 Å². The molecule has 32 heavy (non-hydrogen) atoms. The number of hydrogen-bond acceptors (Lipinski definition) is 2. The molecule has 4 rings (SSSR count). The standard InChI is InChI=1S/C27H32ClN3Se/c1-3-15-29-16-19-31-24-8-4-5-9-26(24)32-27(31)10-6-7-22-13-17-30(18-14-28)25-20-21(2)11-12-23(22)25/h4-13,17,20,27,29H,3,14-16,18-19H2,1-2H3/p+1/b10-6+,22-7+. The van der Waals surface area contributed by atoms with Crippen molar-refractivity contribution in [3.8, 4) is 0 Å². The number of para-hydroxylation sites is 1. The number of rotatable bonds is 9. The Morgan fingerprint density at radius 1 is 1.19 bits per heavy atom. The van der Waals surface area contributed by atoms with Crippen LogP contribution < -0.4 is 19.6 Å². The van der Waals surface area contributed by atoms with Crippen LogP contribution in [0.1, 0.15) is 24.5 Å². The number of anilines is 1. The van der Waals surface area contributed by atoms with Crippen molar-refractivity contribution >= 4 is 48.0 Å². The zero-order chi connectivity index (χ0) is 22.3. The summed E-state index contributed by atoms with van der Waals surface area (Å²) in [6.07, 6.45) is 12.5. The van der Waals surface area contributed by atoms with E-state index in [1.165, 1.54) is 34.5 Å². The predicted molar refractivity (Wildman–Crippen MR) is 140 cm³/mol. The van der Waals surface area contributed by atoms with Crippen molar-refractivity contribution in [2.24, 2.45) is 0 Å². The topological polar surface area (TPSA) is 19.7 Å². The van der Waals surface area contributed by atoms with Crippen molar-refractivity contribution in [1.82, 2.24) is 5.32 Å². The zero-order valence-electron chi connectivity index (χ0n) is 19.0. The second kappa shape index (κ2) is 11.4. The number of alkyl halides is 1. The van der Waals surface area contributed by atoms with Crippen LogP contribution in [0.4, 0.5) is 11.4 Å². The fourth-order valence-electron chi connectivity index (χ4n) is 4.31. The van der Waals surface area contributed by atoms with Gasteiger partial charge in [0.2, 0.25) is 0 Å². The van der Waals surface area contributed by atoms with Gasteiger partial charge in [-0.25, -0.2) is 0 Å². The van der Waals surface area contributed by atoms with Crippen LogP contribution in [0.2, 0.25) is 0 Å². The van der Waals surface area contributed by atoms with Crippen LogP contribution in [0.3, 0.4) is 0 Å². The van der Waals surface area contributed by atoms with E-state index >= 15 is 0 Å². The molecule has 0 aliphatic carbocycles. The minimum absolute atomic E-state index is 0.459. The molecule has 168 valence electrons. The van der Waals surface area contributed by atoms with Gasteiger partial charge in [0.15, 0.2) is 0 Å². The molecule has 2 aromatic carbocycles. The molecule has 0 fully saturated rings. The monoisotopic (exact) mass is 514 g/mol. The number of fused-ring (bicyclic) bond motifs is 2. The minimum atomic E-state index is 0.459. The number of aryl methyl sites for hydroxylation is 1. The van der Waals surface area contributed by atoms with E-state index in [2.05, 4.69) is 97.0 Å². The number of benzene rings is 2. The van der Waals surface area contributed by atoms with Gasteiger partial charge in [-0.3, -0.25) is 0 Å². The fourth-order valence-corrected chi connectivity index (χ4v) is 7.25. The van der Waals surface area contributed by atoms with Gasteiger partial charge in [-0.1, -0.05) is 0 Å². The molecular formula is C27H33ClN3Se+. The molecule has 2 aromatic rings. The average Bonchev–Trinajstić information content (AvgIpc) is 3.15. The van der Waals surface area contributed by atoms with Gasteiger partial charge in [0, 0.05) is 0 Å². The molecule has 2 aliphatic heterocycles. The van der Waals surface area contributed by atoms with Gasteiger partial charge in [0.25, 0.3) is 0 Å². The molecule has 5 heteroatoms. The molecule has 0 aromatic heterocycles. The average molecular weight is 514 g/mol. The van der Waals surface area contributed by atoms with Crippen LogP contribution in [0, 0.1) is 6.92 Å². The van der Waals surface area contributed by atoms with Crippen LogP contribution in [-0.4, -0.2) is 52.0 Å². The van der Waals surface area contributed by atoms with Crippen molar-refractivity contribution < 1.29 is 4.90 Å². The molecule has 0 radical (unpaired) electrons. The van der Waals surface area contributed by atoms with E-state index in [0.29, 0.717) is 25.8 Å². The first-order chi connectivity index (χ1) is 15.7. The van der Waals surface area contributed by atoms with Crippen LogP contribution in [0.25, 0.3) is 5.57 Å². The number of nitrogens with zero attached hydrogens (tertiary/aromatic N) is 1. The third kappa shape index (κ3) is 5.39. The van der Waals surface area contributed by atoms with Crippen LogP contribution in [0.5, 0.6) is 0 Å². The van der Waals surface area contributed by atoms with Crippen molar-refractivity contribution in [2.75, 3.05) is 37.0 Å². The summed E-state index contributed by atoms with van der Waals surface area (Å²) in [4.78, 5) is 4.39. The van der Waals surface area contributed by atoms with Gasteiger partial charge in [-0.15, -0.1) is 0 Å². The first-order valence-corrected chi connectivity index (χ1v) is 13.9. The van der Waals surface area contributed by atoms with E-state index in [4.69, 9.17) is 11.6 Å². The molecule has 2 unspecified atom stereocenters. The molecule has 3 nitrogen and oxygen atoms in total. The predicted octanol–water partition coefficient (Wildman–Crippen LogP) is 3.39. The Kier molecular flexibility index (Phi) is 8.29. The summed E-state index contributed by atoms with van der Waals surface area (Å²) in [5, 5.41) is 3.58. The quantitative estimate of drug-likeness (QED) is 0.304. The molecule has 2 atom stereocenters.